The molecule has 0 N–H and O–H groups in total. The Morgan fingerprint density at radius 1 is 1.35 bits per heavy atom. The van der Waals surface area contributed by atoms with Crippen LogP contribution in [0.25, 0.3) is 0 Å². The molecule has 0 aliphatic carbocycles. The molecule has 4 heterocycles. The molecule has 0 spiro atoms. The van der Waals surface area contributed by atoms with Gasteiger partial charge in [0.05, 0.1) is 36.6 Å². The highest BCUT2D eigenvalue weighted by Gasteiger charge is 2.43. The highest BCUT2D eigenvalue weighted by molar-refractivity contribution is 5.94. The molecule has 2 aromatic rings. The fourth-order valence-electron chi connectivity index (χ4n) is 3.37. The van der Waals surface area contributed by atoms with E-state index in [2.05, 4.69) is 20.4 Å². The van der Waals surface area contributed by atoms with Crippen LogP contribution in [-0.2, 0) is 11.2 Å². The molecule has 8 heteroatoms. The lowest BCUT2D eigenvalue weighted by molar-refractivity contribution is 0.0335. The summed E-state index contributed by atoms with van der Waals surface area (Å²) in [6, 6.07) is 1.69. The van der Waals surface area contributed by atoms with E-state index in [0.29, 0.717) is 42.8 Å². The quantitative estimate of drug-likeness (QED) is 0.820. The molecule has 3 atom stereocenters. The van der Waals surface area contributed by atoms with Gasteiger partial charge in [-0.2, -0.15) is 10.2 Å². The van der Waals surface area contributed by atoms with E-state index in [1.54, 1.807) is 13.0 Å². The van der Waals surface area contributed by atoms with E-state index in [1.165, 1.54) is 12.4 Å². The van der Waals surface area contributed by atoms with Crippen molar-refractivity contribution in [2.75, 3.05) is 13.1 Å². The van der Waals surface area contributed by atoms with E-state index < -0.39 is 0 Å². The summed E-state index contributed by atoms with van der Waals surface area (Å²) in [5.41, 5.74) is 0.567. The van der Waals surface area contributed by atoms with Crippen molar-refractivity contribution < 1.29 is 13.9 Å². The van der Waals surface area contributed by atoms with E-state index in [1.807, 2.05) is 4.90 Å². The minimum atomic E-state index is -0.0121. The molecule has 1 amide bonds. The third kappa shape index (κ3) is 2.81. The van der Waals surface area contributed by atoms with Crippen molar-refractivity contribution in [2.24, 2.45) is 5.92 Å². The number of carbonyl (C=O) groups is 1. The van der Waals surface area contributed by atoms with Crippen molar-refractivity contribution in [1.29, 1.82) is 0 Å². The zero-order valence-electron chi connectivity index (χ0n) is 12.8. The largest absolute Gasteiger partial charge is 0.426 e. The molecule has 23 heavy (non-hydrogen) atoms. The van der Waals surface area contributed by atoms with Gasteiger partial charge in [0.15, 0.2) is 0 Å². The summed E-state index contributed by atoms with van der Waals surface area (Å²) in [6.07, 6.45) is 4.74. The first-order chi connectivity index (χ1) is 11.2. The Bertz CT molecular complexity index is 690. The molecule has 0 saturated carbocycles. The van der Waals surface area contributed by atoms with Crippen LogP contribution in [0.3, 0.4) is 0 Å². The van der Waals surface area contributed by atoms with Gasteiger partial charge in [-0.05, 0) is 12.5 Å². The molecule has 0 bridgehead atoms. The van der Waals surface area contributed by atoms with Crippen LogP contribution in [0.2, 0.25) is 0 Å². The highest BCUT2D eigenvalue weighted by Crippen LogP contribution is 2.34. The first kappa shape index (κ1) is 14.3. The van der Waals surface area contributed by atoms with Gasteiger partial charge in [-0.25, -0.2) is 0 Å². The molecule has 2 saturated heterocycles. The maximum absolute atomic E-state index is 12.4. The van der Waals surface area contributed by atoms with Gasteiger partial charge in [0.1, 0.15) is 0 Å². The van der Waals surface area contributed by atoms with Crippen molar-refractivity contribution in [3.8, 4) is 0 Å². The van der Waals surface area contributed by atoms with Crippen LogP contribution in [0.15, 0.2) is 22.9 Å². The van der Waals surface area contributed by atoms with Gasteiger partial charge >= 0.3 is 0 Å². The van der Waals surface area contributed by atoms with Crippen LogP contribution in [0.1, 0.15) is 28.6 Å². The Labute approximate surface area is 132 Å². The normalized spacial score (nSPS) is 26.5. The predicted octanol–water partition coefficient (Wildman–Crippen LogP) is 0.640. The van der Waals surface area contributed by atoms with Gasteiger partial charge < -0.3 is 14.1 Å². The van der Waals surface area contributed by atoms with E-state index in [9.17, 15) is 4.79 Å². The number of aryl methyl sites for hydroxylation is 1. The molecule has 0 unspecified atom stereocenters. The second kappa shape index (κ2) is 5.69. The third-order valence-corrected chi connectivity index (χ3v) is 4.40. The van der Waals surface area contributed by atoms with Crippen molar-refractivity contribution in [1.82, 2.24) is 25.3 Å². The summed E-state index contributed by atoms with van der Waals surface area (Å²) < 4.78 is 11.5. The fourth-order valence-corrected chi connectivity index (χ4v) is 3.37. The molecule has 8 nitrogen and oxygen atoms in total. The van der Waals surface area contributed by atoms with Crippen molar-refractivity contribution in [3.05, 3.63) is 35.8 Å². The minimum Gasteiger partial charge on any atom is -0.426 e. The van der Waals surface area contributed by atoms with Gasteiger partial charge in [-0.1, -0.05) is 0 Å². The SMILES string of the molecule is Cc1nnc(C[C@@H]2C[C@@H]3CN(C(=O)c4ccnnc4)C[C@@H]3O2)o1. The summed E-state index contributed by atoms with van der Waals surface area (Å²) in [5.74, 6) is 1.54. The van der Waals surface area contributed by atoms with Crippen molar-refractivity contribution >= 4 is 5.91 Å². The summed E-state index contributed by atoms with van der Waals surface area (Å²) in [5, 5.41) is 15.3. The first-order valence-electron chi connectivity index (χ1n) is 7.69. The summed E-state index contributed by atoms with van der Waals surface area (Å²) in [4.78, 5) is 14.3. The fraction of sp³-hybridized carbons (Fsp3) is 0.533. The van der Waals surface area contributed by atoms with Crippen LogP contribution in [-0.4, -0.2) is 56.5 Å². The second-order valence-electron chi connectivity index (χ2n) is 6.05. The average molecular weight is 315 g/mol. The molecule has 0 radical (unpaired) electrons. The van der Waals surface area contributed by atoms with Crippen molar-refractivity contribution in [3.63, 3.8) is 0 Å². The zero-order chi connectivity index (χ0) is 15.8. The lowest BCUT2D eigenvalue weighted by Crippen LogP contribution is -2.31. The van der Waals surface area contributed by atoms with Crippen LogP contribution in [0.5, 0.6) is 0 Å². The van der Waals surface area contributed by atoms with E-state index >= 15 is 0 Å². The molecule has 0 aromatic carbocycles. The van der Waals surface area contributed by atoms with Crippen LogP contribution in [0.4, 0.5) is 0 Å². The molecule has 4 rings (SSSR count). The third-order valence-electron chi connectivity index (χ3n) is 4.40. The topological polar surface area (TPSA) is 94.2 Å². The molecular formula is C15H17N5O3. The molecule has 2 aliphatic heterocycles. The van der Waals surface area contributed by atoms with Gasteiger partial charge in [-0.15, -0.1) is 10.2 Å². The van der Waals surface area contributed by atoms with E-state index in [0.717, 1.165) is 6.42 Å². The Balaban J connectivity index is 1.36. The number of ether oxygens (including phenoxy) is 1. The maximum Gasteiger partial charge on any atom is 0.255 e. The summed E-state index contributed by atoms with van der Waals surface area (Å²) in [6.45, 7) is 3.11. The number of rotatable bonds is 3. The molecule has 2 aromatic heterocycles. The zero-order valence-corrected chi connectivity index (χ0v) is 12.8. The van der Waals surface area contributed by atoms with Gasteiger partial charge in [0.2, 0.25) is 11.8 Å². The van der Waals surface area contributed by atoms with Crippen molar-refractivity contribution in [2.45, 2.75) is 32.0 Å². The summed E-state index contributed by atoms with van der Waals surface area (Å²) in [7, 11) is 0. The second-order valence-corrected chi connectivity index (χ2v) is 6.05. The number of aromatic nitrogens is 4. The van der Waals surface area contributed by atoms with Gasteiger partial charge in [0.25, 0.3) is 5.91 Å². The van der Waals surface area contributed by atoms with E-state index in [4.69, 9.17) is 9.15 Å². The van der Waals surface area contributed by atoms with E-state index in [-0.39, 0.29) is 18.1 Å². The number of likely N-dealkylation sites (tertiary alicyclic amines) is 1. The smallest absolute Gasteiger partial charge is 0.255 e. The number of hydrogen-bond donors (Lipinski definition) is 0. The maximum atomic E-state index is 12.4. The van der Waals surface area contributed by atoms with Gasteiger partial charge in [0, 0.05) is 25.9 Å². The number of nitrogens with zero attached hydrogens (tertiary/aromatic N) is 5. The van der Waals surface area contributed by atoms with Crippen LogP contribution >= 0.6 is 0 Å². The lowest BCUT2D eigenvalue weighted by atomic mass is 10.0. The number of amides is 1. The average Bonchev–Trinajstić information content (AvgIpc) is 3.22. The van der Waals surface area contributed by atoms with Crippen LogP contribution < -0.4 is 0 Å². The monoisotopic (exact) mass is 315 g/mol. The Morgan fingerprint density at radius 3 is 2.96 bits per heavy atom. The molecular weight excluding hydrogens is 298 g/mol. The highest BCUT2D eigenvalue weighted by atomic mass is 16.5. The number of carbonyl (C=O) groups excluding carboxylic acids is 1. The molecule has 120 valence electrons. The van der Waals surface area contributed by atoms with Gasteiger partial charge in [-0.3, -0.25) is 4.79 Å². The van der Waals surface area contributed by atoms with Crippen LogP contribution in [0, 0.1) is 12.8 Å². The number of hydrogen-bond acceptors (Lipinski definition) is 7. The Hall–Kier alpha value is -2.35. The number of fused-ring (bicyclic) bond motifs is 1. The predicted molar refractivity (Wildman–Crippen MR) is 77.4 cm³/mol. The standard InChI is InChI=1S/C15H17N5O3/c1-9-18-19-14(22-9)5-12-4-11-7-20(8-13(11)23-12)15(21)10-2-3-16-17-6-10/h2-3,6,11-13H,4-5,7-8H2,1H3/t11-,12+,13+/m1/s1. The first-order valence-corrected chi connectivity index (χ1v) is 7.69. The minimum absolute atomic E-state index is 0.0121. The Kier molecular flexibility index (Phi) is 3.53. The summed E-state index contributed by atoms with van der Waals surface area (Å²) >= 11 is 0. The Morgan fingerprint density at radius 2 is 2.26 bits per heavy atom. The molecule has 2 fully saturated rings. The lowest BCUT2D eigenvalue weighted by Gasteiger charge is -2.18. The molecule has 2 aliphatic rings.